The van der Waals surface area contributed by atoms with Crippen LogP contribution >= 0.6 is 0 Å². The summed E-state index contributed by atoms with van der Waals surface area (Å²) in [4.78, 5) is 0. The van der Waals surface area contributed by atoms with Crippen LogP contribution in [0, 0.1) is 10.8 Å². The molecule has 1 nitrogen and oxygen atoms in total. The topological polar surface area (TPSA) is 13.1 Å². The molecule has 1 heteroatoms. The van der Waals surface area contributed by atoms with Gasteiger partial charge in [0, 0.05) is 16.2 Å². The van der Waals surface area contributed by atoms with Crippen molar-refractivity contribution < 1.29 is 4.42 Å². The highest BCUT2D eigenvalue weighted by Crippen LogP contribution is 2.68. The standard InChI is InChI=1S/C65H50O/c1-63(2,3)65(64(4,5)6)55-38-53(44-21-8-10-23-46(44)60(55)61-47-24-11-7-19-42(47)43-20-9-16-29-52(43)62(61)65)39-31-33-40(34-32-39)58-48-25-12-14-27-50(48)59(51-28-15-13-26-49(51)58)41-35-36-57-54(37-41)45-22-17-18-30-56(45)66-57/h7-38H,1-6H3. The summed E-state index contributed by atoms with van der Waals surface area (Å²) in [5.74, 6) is 0. The van der Waals surface area contributed by atoms with E-state index >= 15 is 0 Å². The van der Waals surface area contributed by atoms with Gasteiger partial charge in [0.2, 0.25) is 0 Å². The number of furan rings is 1. The van der Waals surface area contributed by atoms with E-state index in [1.54, 1.807) is 0 Å². The van der Waals surface area contributed by atoms with Gasteiger partial charge in [-0.2, -0.15) is 0 Å². The average molecular weight is 847 g/mol. The van der Waals surface area contributed by atoms with E-state index in [9.17, 15) is 0 Å². The Bertz CT molecular complexity index is 3920. The predicted molar refractivity (Wildman–Crippen MR) is 283 cm³/mol. The van der Waals surface area contributed by atoms with Gasteiger partial charge in [-0.3, -0.25) is 0 Å². The van der Waals surface area contributed by atoms with E-state index in [2.05, 4.69) is 230 Å². The fourth-order valence-corrected chi connectivity index (χ4v) is 13.2. The van der Waals surface area contributed by atoms with Crippen LogP contribution in [0.4, 0.5) is 0 Å². The lowest BCUT2D eigenvalue weighted by Gasteiger charge is -2.53. The molecule has 0 spiro atoms. The van der Waals surface area contributed by atoms with Crippen molar-refractivity contribution in [1.29, 1.82) is 0 Å². The van der Waals surface area contributed by atoms with Gasteiger partial charge < -0.3 is 4.42 Å². The maximum absolute atomic E-state index is 6.27. The summed E-state index contributed by atoms with van der Waals surface area (Å²) in [6, 6.07) is 72.5. The summed E-state index contributed by atoms with van der Waals surface area (Å²) in [7, 11) is 0. The van der Waals surface area contributed by atoms with Crippen molar-refractivity contribution in [3.8, 4) is 44.5 Å². The van der Waals surface area contributed by atoms with Crippen molar-refractivity contribution in [3.05, 3.63) is 205 Å². The lowest BCUT2D eigenvalue weighted by Crippen LogP contribution is -2.50. The van der Waals surface area contributed by atoms with Crippen molar-refractivity contribution in [3.63, 3.8) is 0 Å². The molecule has 0 saturated heterocycles. The summed E-state index contributed by atoms with van der Waals surface area (Å²) in [6.07, 6.45) is 0. The SMILES string of the molecule is CC(C)(C)C1(C(C)(C)C)c2cc(-c3ccc(-c4c5ccccc5c(-c5ccc6oc7ccccc7c6c5)c5ccccc45)cc3)c3ccccc3c2-c2c1c1ccccc1c1ccccc21. The maximum Gasteiger partial charge on any atom is 0.135 e. The molecule has 13 rings (SSSR count). The van der Waals surface area contributed by atoms with Gasteiger partial charge in [-0.05, 0) is 145 Å². The molecule has 0 atom stereocenters. The number of fused-ring (bicyclic) bond motifs is 15. The summed E-state index contributed by atoms with van der Waals surface area (Å²) < 4.78 is 6.27. The summed E-state index contributed by atoms with van der Waals surface area (Å²) in [5.41, 5.74) is 14.4. The summed E-state index contributed by atoms with van der Waals surface area (Å²) >= 11 is 0. The Labute approximate surface area is 386 Å². The second-order valence-electron chi connectivity index (χ2n) is 20.7. The largest absolute Gasteiger partial charge is 0.456 e. The van der Waals surface area contributed by atoms with Crippen LogP contribution < -0.4 is 0 Å². The normalized spacial score (nSPS) is 13.7. The van der Waals surface area contributed by atoms with E-state index in [0.29, 0.717) is 0 Å². The van der Waals surface area contributed by atoms with Gasteiger partial charge in [0.05, 0.1) is 0 Å². The Hall–Kier alpha value is -7.48. The lowest BCUT2D eigenvalue weighted by atomic mass is 9.49. The highest BCUT2D eigenvalue weighted by atomic mass is 16.3. The van der Waals surface area contributed by atoms with Crippen LogP contribution in [-0.4, -0.2) is 0 Å². The molecule has 11 aromatic carbocycles. The van der Waals surface area contributed by atoms with Gasteiger partial charge in [-0.1, -0.05) is 211 Å². The molecule has 66 heavy (non-hydrogen) atoms. The number of hydrogen-bond donors (Lipinski definition) is 0. The highest BCUT2D eigenvalue weighted by Gasteiger charge is 2.59. The van der Waals surface area contributed by atoms with Crippen molar-refractivity contribution >= 4 is 75.8 Å². The van der Waals surface area contributed by atoms with Crippen molar-refractivity contribution in [2.45, 2.75) is 47.0 Å². The predicted octanol–water partition coefficient (Wildman–Crippen LogP) is 18.7. The molecule has 1 aliphatic rings. The van der Waals surface area contributed by atoms with Crippen LogP contribution in [0.3, 0.4) is 0 Å². The molecule has 0 unspecified atom stereocenters. The van der Waals surface area contributed by atoms with Gasteiger partial charge in [0.1, 0.15) is 11.2 Å². The number of benzene rings is 11. The van der Waals surface area contributed by atoms with E-state index in [4.69, 9.17) is 4.42 Å². The molecule has 316 valence electrons. The number of rotatable bonds is 3. The first-order chi connectivity index (χ1) is 32.0. The Morgan fingerprint density at radius 2 is 0.697 bits per heavy atom. The zero-order valence-corrected chi connectivity index (χ0v) is 38.4. The molecule has 0 N–H and O–H groups in total. The van der Waals surface area contributed by atoms with Gasteiger partial charge >= 0.3 is 0 Å². The fraction of sp³-hybridized carbons (Fsp3) is 0.138. The molecule has 1 aliphatic carbocycles. The van der Waals surface area contributed by atoms with Gasteiger partial charge in [0.25, 0.3) is 0 Å². The van der Waals surface area contributed by atoms with Gasteiger partial charge in [-0.15, -0.1) is 0 Å². The van der Waals surface area contributed by atoms with Gasteiger partial charge in [-0.25, -0.2) is 0 Å². The molecule has 1 heterocycles. The van der Waals surface area contributed by atoms with Crippen molar-refractivity contribution in [1.82, 2.24) is 0 Å². The average Bonchev–Trinajstić information content (AvgIpc) is 3.88. The lowest BCUT2D eigenvalue weighted by molar-refractivity contribution is 0.0965. The summed E-state index contributed by atoms with van der Waals surface area (Å²) in [6.45, 7) is 14.8. The minimum Gasteiger partial charge on any atom is -0.456 e. The zero-order chi connectivity index (χ0) is 44.7. The fourth-order valence-electron chi connectivity index (χ4n) is 13.2. The Balaban J connectivity index is 1.04. The van der Waals surface area contributed by atoms with Crippen LogP contribution in [-0.2, 0) is 5.41 Å². The molecule has 0 amide bonds. The first-order valence-electron chi connectivity index (χ1n) is 23.5. The van der Waals surface area contributed by atoms with Crippen LogP contribution in [0.5, 0.6) is 0 Å². The minimum absolute atomic E-state index is 0.133. The zero-order valence-electron chi connectivity index (χ0n) is 38.4. The van der Waals surface area contributed by atoms with Crippen molar-refractivity contribution in [2.24, 2.45) is 10.8 Å². The molecule has 0 radical (unpaired) electrons. The second kappa shape index (κ2) is 13.8. The van der Waals surface area contributed by atoms with E-state index in [0.717, 1.165) is 21.9 Å². The molecular formula is C65H50O. The minimum atomic E-state index is -0.318. The molecule has 0 aliphatic heterocycles. The first-order valence-corrected chi connectivity index (χ1v) is 23.5. The second-order valence-corrected chi connectivity index (χ2v) is 20.7. The third-order valence-corrected chi connectivity index (χ3v) is 15.3. The van der Waals surface area contributed by atoms with E-state index in [1.807, 2.05) is 6.07 Å². The van der Waals surface area contributed by atoms with Gasteiger partial charge in [0.15, 0.2) is 0 Å². The van der Waals surface area contributed by atoms with Crippen LogP contribution in [0.1, 0.15) is 52.7 Å². The molecule has 0 bridgehead atoms. The monoisotopic (exact) mass is 846 g/mol. The van der Waals surface area contributed by atoms with E-state index < -0.39 is 0 Å². The smallest absolute Gasteiger partial charge is 0.135 e. The van der Waals surface area contributed by atoms with E-state index in [-0.39, 0.29) is 16.2 Å². The van der Waals surface area contributed by atoms with Crippen LogP contribution in [0.15, 0.2) is 199 Å². The highest BCUT2D eigenvalue weighted by molar-refractivity contribution is 6.24. The third kappa shape index (κ3) is 5.17. The molecule has 12 aromatic rings. The van der Waals surface area contributed by atoms with E-state index in [1.165, 1.54) is 109 Å². The molecular weight excluding hydrogens is 797 g/mol. The molecule has 0 saturated carbocycles. The number of para-hydroxylation sites is 1. The maximum atomic E-state index is 6.27. The quantitative estimate of drug-likeness (QED) is 0.128. The Morgan fingerprint density at radius 1 is 0.303 bits per heavy atom. The third-order valence-electron chi connectivity index (χ3n) is 15.3. The Morgan fingerprint density at radius 3 is 1.26 bits per heavy atom. The summed E-state index contributed by atoms with van der Waals surface area (Å²) in [5, 5.41) is 15.2. The van der Waals surface area contributed by atoms with Crippen LogP contribution in [0.25, 0.3) is 120 Å². The van der Waals surface area contributed by atoms with Crippen LogP contribution in [0.2, 0.25) is 0 Å². The Kier molecular flexibility index (Phi) is 8.12. The molecule has 0 fully saturated rings. The molecule has 1 aromatic heterocycles. The van der Waals surface area contributed by atoms with Crippen molar-refractivity contribution in [2.75, 3.05) is 0 Å². The first kappa shape index (κ1) is 38.9. The number of hydrogen-bond acceptors (Lipinski definition) is 1.